The van der Waals surface area contributed by atoms with Gasteiger partial charge in [0.2, 0.25) is 5.91 Å². The normalized spacial score (nSPS) is 11.6. The summed E-state index contributed by atoms with van der Waals surface area (Å²) in [5, 5.41) is 13.7. The van der Waals surface area contributed by atoms with E-state index in [1.54, 1.807) is 0 Å². The maximum Gasteiger partial charge on any atom is 0.326 e. The minimum Gasteiger partial charge on any atom is -0.480 e. The van der Waals surface area contributed by atoms with Gasteiger partial charge in [0, 0.05) is 12.5 Å². The highest BCUT2D eigenvalue weighted by Gasteiger charge is 2.20. The summed E-state index contributed by atoms with van der Waals surface area (Å²) in [7, 11) is 0. The fourth-order valence-corrected chi connectivity index (χ4v) is 1.86. The van der Waals surface area contributed by atoms with Crippen molar-refractivity contribution in [1.82, 2.24) is 5.32 Å². The van der Waals surface area contributed by atoms with Crippen LogP contribution in [0.2, 0.25) is 0 Å². The zero-order valence-electron chi connectivity index (χ0n) is 12.5. The molecule has 0 aliphatic rings. The van der Waals surface area contributed by atoms with Gasteiger partial charge in [0.1, 0.15) is 11.9 Å². The number of carbonyl (C=O) groups excluding carboxylic acids is 2. The molecule has 0 aromatic heterocycles. The van der Waals surface area contributed by atoms with Gasteiger partial charge in [-0.15, -0.1) is 0 Å². The van der Waals surface area contributed by atoms with Gasteiger partial charge in [-0.2, -0.15) is 0 Å². The monoisotopic (exact) mass is 310 g/mol. The molecule has 6 nitrogen and oxygen atoms in total. The molecule has 120 valence electrons. The highest BCUT2D eigenvalue weighted by atomic mass is 19.1. The molecule has 2 amide bonds. The molecule has 0 radical (unpaired) electrons. The van der Waals surface area contributed by atoms with Crippen molar-refractivity contribution in [3.05, 3.63) is 29.6 Å². The van der Waals surface area contributed by atoms with Crippen molar-refractivity contribution in [2.24, 2.45) is 0 Å². The first-order valence-electron chi connectivity index (χ1n) is 6.96. The number of hydrogen-bond donors (Lipinski definition) is 3. The highest BCUT2D eigenvalue weighted by Crippen LogP contribution is 2.16. The second-order valence-electron chi connectivity index (χ2n) is 4.88. The van der Waals surface area contributed by atoms with Crippen molar-refractivity contribution < 1.29 is 23.9 Å². The topological polar surface area (TPSA) is 95.5 Å². The molecule has 0 bridgehead atoms. The highest BCUT2D eigenvalue weighted by molar-refractivity contribution is 5.98. The van der Waals surface area contributed by atoms with Crippen LogP contribution in [0.4, 0.5) is 10.1 Å². The van der Waals surface area contributed by atoms with E-state index in [-0.39, 0.29) is 11.3 Å². The van der Waals surface area contributed by atoms with Gasteiger partial charge in [0.15, 0.2) is 0 Å². The van der Waals surface area contributed by atoms with Gasteiger partial charge in [0.25, 0.3) is 5.91 Å². The Bertz CT molecular complexity index is 575. The Labute approximate surface area is 127 Å². The first-order chi connectivity index (χ1) is 10.3. The summed E-state index contributed by atoms with van der Waals surface area (Å²) in [6.07, 6.45) is 1.79. The molecule has 1 aromatic rings. The van der Waals surface area contributed by atoms with Crippen LogP contribution in [0, 0.1) is 5.82 Å². The van der Waals surface area contributed by atoms with E-state index in [2.05, 4.69) is 10.6 Å². The number of unbranched alkanes of at least 4 members (excludes halogenated alkanes) is 1. The second-order valence-corrected chi connectivity index (χ2v) is 4.88. The van der Waals surface area contributed by atoms with Crippen LogP contribution in [0.3, 0.4) is 0 Å². The number of carbonyl (C=O) groups is 3. The van der Waals surface area contributed by atoms with E-state index in [4.69, 9.17) is 5.11 Å². The number of aliphatic carboxylic acids is 1. The number of carboxylic acid groups (broad SMARTS) is 1. The van der Waals surface area contributed by atoms with E-state index in [1.165, 1.54) is 19.1 Å². The third kappa shape index (κ3) is 5.16. The van der Waals surface area contributed by atoms with Crippen LogP contribution in [0.15, 0.2) is 18.2 Å². The predicted molar refractivity (Wildman–Crippen MR) is 79.1 cm³/mol. The molecule has 1 rings (SSSR count). The number of nitrogens with one attached hydrogen (secondary N) is 2. The van der Waals surface area contributed by atoms with E-state index in [1.807, 2.05) is 6.92 Å². The van der Waals surface area contributed by atoms with Crippen LogP contribution in [-0.4, -0.2) is 28.9 Å². The summed E-state index contributed by atoms with van der Waals surface area (Å²) < 4.78 is 13.5. The number of carboxylic acids is 1. The number of anilines is 1. The average molecular weight is 310 g/mol. The van der Waals surface area contributed by atoms with Crippen molar-refractivity contribution in [2.45, 2.75) is 39.2 Å². The fraction of sp³-hybridized carbons (Fsp3) is 0.400. The first-order valence-corrected chi connectivity index (χ1v) is 6.96. The standard InChI is InChI=1S/C15H19FN2O4/c1-3-4-5-12(15(21)22)18-14(20)10-6-7-11(16)13(8-10)17-9(2)19/h6-8,12H,3-5H2,1-2H3,(H,17,19)(H,18,20)(H,21,22)/t12-/m0/s1. The van der Waals surface area contributed by atoms with E-state index in [9.17, 15) is 18.8 Å². The first kappa shape index (κ1) is 17.6. The van der Waals surface area contributed by atoms with E-state index in [0.717, 1.165) is 12.5 Å². The number of benzene rings is 1. The zero-order chi connectivity index (χ0) is 16.7. The maximum atomic E-state index is 13.5. The molecule has 1 atom stereocenters. The van der Waals surface area contributed by atoms with Crippen LogP contribution in [0.5, 0.6) is 0 Å². The van der Waals surface area contributed by atoms with Crippen LogP contribution < -0.4 is 10.6 Å². The number of amides is 2. The molecule has 0 saturated carbocycles. The lowest BCUT2D eigenvalue weighted by Crippen LogP contribution is -2.40. The summed E-state index contributed by atoms with van der Waals surface area (Å²) in [5.74, 6) is -2.89. The largest absolute Gasteiger partial charge is 0.480 e. The van der Waals surface area contributed by atoms with Gasteiger partial charge in [-0.1, -0.05) is 19.8 Å². The number of hydrogen-bond acceptors (Lipinski definition) is 3. The van der Waals surface area contributed by atoms with E-state index < -0.39 is 29.6 Å². The molecule has 1 aromatic carbocycles. The summed E-state index contributed by atoms with van der Waals surface area (Å²) in [6, 6.07) is 2.45. The van der Waals surface area contributed by atoms with Gasteiger partial charge < -0.3 is 15.7 Å². The molecule has 0 heterocycles. The minimum atomic E-state index is -1.12. The van der Waals surface area contributed by atoms with Crippen molar-refractivity contribution >= 4 is 23.5 Å². The molecule has 0 aliphatic heterocycles. The Hall–Kier alpha value is -2.44. The Balaban J connectivity index is 2.87. The summed E-state index contributed by atoms with van der Waals surface area (Å²) in [4.78, 5) is 34.1. The van der Waals surface area contributed by atoms with Gasteiger partial charge in [0.05, 0.1) is 5.69 Å². The van der Waals surface area contributed by atoms with E-state index in [0.29, 0.717) is 12.8 Å². The average Bonchev–Trinajstić information content (AvgIpc) is 2.44. The van der Waals surface area contributed by atoms with Crippen LogP contribution in [0.1, 0.15) is 43.5 Å². The predicted octanol–water partition coefficient (Wildman–Crippen LogP) is 2.16. The molecular formula is C15H19FN2O4. The van der Waals surface area contributed by atoms with E-state index >= 15 is 0 Å². The molecular weight excluding hydrogens is 291 g/mol. The molecule has 7 heteroatoms. The smallest absolute Gasteiger partial charge is 0.326 e. The lowest BCUT2D eigenvalue weighted by Gasteiger charge is -2.14. The van der Waals surface area contributed by atoms with Gasteiger partial charge in [-0.25, -0.2) is 9.18 Å². The SMILES string of the molecule is CCCC[C@H](NC(=O)c1ccc(F)c(NC(C)=O)c1)C(=O)O. The summed E-state index contributed by atoms with van der Waals surface area (Å²) in [6.45, 7) is 3.14. The van der Waals surface area contributed by atoms with Crippen LogP contribution in [-0.2, 0) is 9.59 Å². The fourth-order valence-electron chi connectivity index (χ4n) is 1.86. The second kappa shape index (κ2) is 8.11. The van der Waals surface area contributed by atoms with Gasteiger partial charge in [-0.05, 0) is 24.6 Å². The third-order valence-corrected chi connectivity index (χ3v) is 2.99. The Kier molecular flexibility index (Phi) is 6.49. The molecule has 3 N–H and O–H groups in total. The molecule has 0 spiro atoms. The molecule has 0 fully saturated rings. The molecule has 22 heavy (non-hydrogen) atoms. The Morgan fingerprint density at radius 2 is 2.00 bits per heavy atom. The maximum absolute atomic E-state index is 13.5. The zero-order valence-corrected chi connectivity index (χ0v) is 12.5. The minimum absolute atomic E-state index is 0.0768. The lowest BCUT2D eigenvalue weighted by molar-refractivity contribution is -0.139. The number of halogens is 1. The van der Waals surface area contributed by atoms with Gasteiger partial charge >= 0.3 is 5.97 Å². The van der Waals surface area contributed by atoms with Crippen molar-refractivity contribution in [2.75, 3.05) is 5.32 Å². The van der Waals surface area contributed by atoms with Crippen LogP contribution >= 0.6 is 0 Å². The van der Waals surface area contributed by atoms with Gasteiger partial charge in [-0.3, -0.25) is 9.59 Å². The Morgan fingerprint density at radius 1 is 1.32 bits per heavy atom. The molecule has 0 saturated heterocycles. The molecule has 0 aliphatic carbocycles. The third-order valence-electron chi connectivity index (χ3n) is 2.99. The van der Waals surface area contributed by atoms with Crippen LogP contribution in [0.25, 0.3) is 0 Å². The van der Waals surface area contributed by atoms with Crippen molar-refractivity contribution in [1.29, 1.82) is 0 Å². The van der Waals surface area contributed by atoms with Crippen molar-refractivity contribution in [3.8, 4) is 0 Å². The molecule has 0 unspecified atom stereocenters. The summed E-state index contributed by atoms with van der Waals surface area (Å²) in [5.41, 5.74) is -0.0477. The van der Waals surface area contributed by atoms with Crippen molar-refractivity contribution in [3.63, 3.8) is 0 Å². The summed E-state index contributed by atoms with van der Waals surface area (Å²) >= 11 is 0. The lowest BCUT2D eigenvalue weighted by atomic mass is 10.1. The quantitative estimate of drug-likeness (QED) is 0.719. The number of rotatable bonds is 7. The Morgan fingerprint density at radius 3 is 2.55 bits per heavy atom.